The average molecular weight is 671 g/mol. The molecule has 1 amide bonds. The lowest BCUT2D eigenvalue weighted by Crippen LogP contribution is -2.44. The number of carboxylic acids is 4. The Kier molecular flexibility index (Phi) is 14.7. The summed E-state index contributed by atoms with van der Waals surface area (Å²) in [6.07, 6.45) is -0.387. The molecule has 0 spiro atoms. The summed E-state index contributed by atoms with van der Waals surface area (Å²) in [5.74, 6) is -5.23. The first-order chi connectivity index (χ1) is 23.1. The van der Waals surface area contributed by atoms with E-state index in [1.165, 1.54) is 12.1 Å². The number of nitrogens with two attached hydrogens (primary N) is 1. The zero-order valence-corrected chi connectivity index (χ0v) is 27.1. The van der Waals surface area contributed by atoms with Crippen LogP contribution >= 0.6 is 0 Å². The number of aryl methyl sites for hydroxylation is 2. The van der Waals surface area contributed by atoms with E-state index in [0.717, 1.165) is 27.8 Å². The van der Waals surface area contributed by atoms with Crippen LogP contribution in [-0.2, 0) is 9.59 Å². The number of amides is 1. The molecule has 0 saturated heterocycles. The normalized spacial score (nSPS) is 10.5. The molecule has 0 aliphatic heterocycles. The second kappa shape index (κ2) is 18.6. The highest BCUT2D eigenvalue weighted by atomic mass is 16.4. The summed E-state index contributed by atoms with van der Waals surface area (Å²) in [6.45, 7) is 5.87. The molecule has 0 saturated carbocycles. The van der Waals surface area contributed by atoms with Crippen LogP contribution < -0.4 is 16.4 Å². The first kappa shape index (κ1) is 38.7. The Labute approximate surface area is 282 Å². The molecule has 4 rings (SSSR count). The van der Waals surface area contributed by atoms with E-state index in [9.17, 15) is 24.0 Å². The predicted molar refractivity (Wildman–Crippen MR) is 184 cm³/mol. The van der Waals surface area contributed by atoms with Crippen molar-refractivity contribution in [2.75, 3.05) is 5.32 Å². The smallest absolute Gasteiger partial charge is 0.336 e. The van der Waals surface area contributed by atoms with Crippen LogP contribution in [0.5, 0.6) is 0 Å². The van der Waals surface area contributed by atoms with Crippen LogP contribution in [-0.4, -0.2) is 62.2 Å². The van der Waals surface area contributed by atoms with E-state index in [2.05, 4.69) is 10.6 Å². The molecule has 4 aromatic rings. The fourth-order valence-corrected chi connectivity index (χ4v) is 4.31. The zero-order valence-electron chi connectivity index (χ0n) is 27.1. The van der Waals surface area contributed by atoms with Crippen LogP contribution in [0.1, 0.15) is 60.6 Å². The Bertz CT molecular complexity index is 1820. The quantitative estimate of drug-likeness (QED) is 0.0784. The topological polar surface area (TPSA) is 240 Å². The first-order valence-corrected chi connectivity index (χ1v) is 14.8. The summed E-state index contributed by atoms with van der Waals surface area (Å²) >= 11 is 0. The van der Waals surface area contributed by atoms with Crippen molar-refractivity contribution in [1.82, 2.24) is 5.32 Å². The van der Waals surface area contributed by atoms with Crippen molar-refractivity contribution < 1.29 is 44.4 Å². The van der Waals surface area contributed by atoms with Crippen LogP contribution in [0.4, 0.5) is 5.69 Å². The maximum Gasteiger partial charge on any atom is 0.336 e. The molecule has 256 valence electrons. The third-order valence-electron chi connectivity index (χ3n) is 7.05. The zero-order chi connectivity index (χ0) is 36.7. The largest absolute Gasteiger partial charge is 0.481 e. The molecular formula is C36H38N4O9. The van der Waals surface area contributed by atoms with Crippen LogP contribution in [0, 0.1) is 26.2 Å². The lowest BCUT2D eigenvalue weighted by molar-refractivity contribution is -0.140. The lowest BCUT2D eigenvalue weighted by Gasteiger charge is -2.12. The van der Waals surface area contributed by atoms with E-state index in [1.807, 2.05) is 69.3 Å². The predicted octanol–water partition coefficient (Wildman–Crippen LogP) is 5.40. The van der Waals surface area contributed by atoms with Crippen molar-refractivity contribution in [2.24, 2.45) is 5.73 Å². The number of carbonyl (C=O) groups excluding carboxylic acids is 1. The summed E-state index contributed by atoms with van der Waals surface area (Å²) in [7, 11) is 0. The Balaban J connectivity index is 0.000000262. The minimum atomic E-state index is -1.23. The number of nitrogens with one attached hydrogen (secondary N) is 3. The van der Waals surface area contributed by atoms with Gasteiger partial charge in [-0.3, -0.25) is 15.0 Å². The number of hydrogen-bond acceptors (Lipinski definition) is 6. The molecule has 0 aliphatic rings. The van der Waals surface area contributed by atoms with E-state index in [-0.39, 0.29) is 24.0 Å². The minimum Gasteiger partial charge on any atom is -0.481 e. The molecule has 1 atom stereocenters. The third kappa shape index (κ3) is 12.3. The van der Waals surface area contributed by atoms with Gasteiger partial charge in [0.2, 0.25) is 0 Å². The minimum absolute atomic E-state index is 0.00435. The Morgan fingerprint density at radius 3 is 1.80 bits per heavy atom. The second-order valence-corrected chi connectivity index (χ2v) is 10.7. The molecule has 0 bridgehead atoms. The maximum absolute atomic E-state index is 12.2. The summed E-state index contributed by atoms with van der Waals surface area (Å²) in [5, 5.41) is 46.6. The van der Waals surface area contributed by atoms with Gasteiger partial charge in [-0.2, -0.15) is 0 Å². The molecule has 0 fully saturated rings. The molecule has 9 N–H and O–H groups in total. The number of aliphatic carboxylic acids is 2. The van der Waals surface area contributed by atoms with E-state index in [1.54, 1.807) is 30.3 Å². The summed E-state index contributed by atoms with van der Waals surface area (Å²) in [6, 6.07) is 25.5. The molecule has 0 radical (unpaired) electrons. The average Bonchev–Trinajstić information content (AvgIpc) is 3.05. The molecular weight excluding hydrogens is 632 g/mol. The summed E-state index contributed by atoms with van der Waals surface area (Å²) in [4.78, 5) is 55.0. The molecule has 49 heavy (non-hydrogen) atoms. The van der Waals surface area contributed by atoms with Gasteiger partial charge in [0, 0.05) is 12.1 Å². The highest BCUT2D eigenvalue weighted by molar-refractivity contribution is 6.11. The van der Waals surface area contributed by atoms with Crippen LogP contribution in [0.2, 0.25) is 0 Å². The number of benzene rings is 4. The SMILES string of the molecule is Cc1ccc(-c2ccccc2C(=O)O)cc1.Cc1cccc(NC(=O)c2ccccc2C(=O)O)c1C.N=C(N)NC(CCC(=O)O)C(=O)O. The third-order valence-corrected chi connectivity index (χ3v) is 7.05. The van der Waals surface area contributed by atoms with Crippen molar-refractivity contribution >= 4 is 41.4 Å². The van der Waals surface area contributed by atoms with Gasteiger partial charge in [0.05, 0.1) is 16.7 Å². The number of anilines is 1. The molecule has 13 nitrogen and oxygen atoms in total. The maximum atomic E-state index is 12.2. The van der Waals surface area contributed by atoms with Crippen LogP contribution in [0.3, 0.4) is 0 Å². The Morgan fingerprint density at radius 1 is 0.714 bits per heavy atom. The molecule has 0 heterocycles. The molecule has 0 aromatic heterocycles. The first-order valence-electron chi connectivity index (χ1n) is 14.8. The number of guanidine groups is 1. The Morgan fingerprint density at radius 2 is 1.27 bits per heavy atom. The number of carboxylic acid groups (broad SMARTS) is 4. The van der Waals surface area contributed by atoms with E-state index >= 15 is 0 Å². The van der Waals surface area contributed by atoms with Gasteiger partial charge >= 0.3 is 23.9 Å². The second-order valence-electron chi connectivity index (χ2n) is 10.7. The van der Waals surface area contributed by atoms with E-state index < -0.39 is 41.8 Å². The van der Waals surface area contributed by atoms with Gasteiger partial charge in [0.1, 0.15) is 6.04 Å². The fourth-order valence-electron chi connectivity index (χ4n) is 4.31. The van der Waals surface area contributed by atoms with E-state index in [4.69, 9.17) is 31.6 Å². The van der Waals surface area contributed by atoms with E-state index in [0.29, 0.717) is 11.3 Å². The van der Waals surface area contributed by atoms with Crippen LogP contribution in [0.15, 0.2) is 91.0 Å². The van der Waals surface area contributed by atoms with Crippen LogP contribution in [0.25, 0.3) is 11.1 Å². The standard InChI is InChI=1S/C16H15NO3.C14H12O2.C6H11N3O4/c1-10-6-5-9-14(11(10)2)17-15(18)12-7-3-4-8-13(12)16(19)20;1-10-6-8-11(9-7-10)12-4-2-3-5-13(12)14(15)16;7-6(8)9-3(5(12)13)1-2-4(10)11/h3-9H,1-2H3,(H,17,18)(H,19,20);2-9H,1H3,(H,15,16);3H,1-2H2,(H,10,11)(H,12,13)(H4,7,8,9). The number of carbonyl (C=O) groups is 5. The monoisotopic (exact) mass is 670 g/mol. The molecule has 1 unspecified atom stereocenters. The summed E-state index contributed by atoms with van der Waals surface area (Å²) < 4.78 is 0. The highest BCUT2D eigenvalue weighted by Gasteiger charge is 2.19. The van der Waals surface area contributed by atoms with Crippen molar-refractivity contribution in [3.8, 4) is 11.1 Å². The van der Waals surface area contributed by atoms with Gasteiger partial charge in [-0.25, -0.2) is 14.4 Å². The highest BCUT2D eigenvalue weighted by Crippen LogP contribution is 2.24. The summed E-state index contributed by atoms with van der Waals surface area (Å²) in [5.41, 5.74) is 11.0. The van der Waals surface area contributed by atoms with Gasteiger partial charge in [-0.05, 0) is 73.7 Å². The van der Waals surface area contributed by atoms with Crippen molar-refractivity contribution in [3.05, 3.63) is 124 Å². The van der Waals surface area contributed by atoms with Gasteiger partial charge in [-0.15, -0.1) is 0 Å². The van der Waals surface area contributed by atoms with Crippen molar-refractivity contribution in [1.29, 1.82) is 5.41 Å². The fraction of sp³-hybridized carbons (Fsp3) is 0.167. The van der Waals surface area contributed by atoms with Gasteiger partial charge in [0.15, 0.2) is 5.96 Å². The molecule has 4 aromatic carbocycles. The number of hydrogen-bond donors (Lipinski definition) is 8. The Hall–Kier alpha value is -6.50. The number of rotatable bonds is 10. The number of aromatic carboxylic acids is 2. The van der Waals surface area contributed by atoms with Gasteiger partial charge in [0.25, 0.3) is 5.91 Å². The van der Waals surface area contributed by atoms with Crippen molar-refractivity contribution in [2.45, 2.75) is 39.7 Å². The van der Waals surface area contributed by atoms with Gasteiger partial charge < -0.3 is 36.8 Å². The van der Waals surface area contributed by atoms with Gasteiger partial charge in [-0.1, -0.05) is 72.3 Å². The molecule has 0 aliphatic carbocycles. The van der Waals surface area contributed by atoms with Crippen molar-refractivity contribution in [3.63, 3.8) is 0 Å². The lowest BCUT2D eigenvalue weighted by atomic mass is 9.99. The molecule has 13 heteroatoms.